The third kappa shape index (κ3) is 4.65. The molecule has 3 aromatic rings. The van der Waals surface area contributed by atoms with Gasteiger partial charge in [0.1, 0.15) is 0 Å². The Morgan fingerprint density at radius 1 is 0.914 bits per heavy atom. The smallest absolute Gasteiger partial charge is 0.231 e. The molecule has 0 aliphatic carbocycles. The van der Waals surface area contributed by atoms with Crippen molar-refractivity contribution in [2.75, 3.05) is 20.5 Å². The van der Waals surface area contributed by atoms with E-state index in [0.29, 0.717) is 13.4 Å². The van der Waals surface area contributed by atoms with Crippen LogP contribution >= 0.6 is 0 Å². The van der Waals surface area contributed by atoms with Gasteiger partial charge in [-0.05, 0) is 49.1 Å². The standard InChI is InChI=1S/C30H38NO4/c1-4-6-7-8-9-10-11-23-22-12-13-26(32-3)30(33-16-5-2)25(22)19-31-15-14-21-17-27-28(35-20-34-27)18-24(21)29(23)31/h12-13,17-19H,4-11,14-16,20H2,1-3H3/q+1. The summed E-state index contributed by atoms with van der Waals surface area (Å²) in [6, 6.07) is 8.67. The molecule has 5 rings (SSSR count). The quantitative estimate of drug-likeness (QED) is 0.226. The van der Waals surface area contributed by atoms with Gasteiger partial charge in [-0.15, -0.1) is 0 Å². The first-order chi connectivity index (χ1) is 17.2. The van der Waals surface area contributed by atoms with Crippen molar-refractivity contribution in [1.82, 2.24) is 0 Å². The monoisotopic (exact) mass is 476 g/mol. The maximum atomic E-state index is 6.26. The topological polar surface area (TPSA) is 40.8 Å². The molecule has 2 aliphatic heterocycles. The van der Waals surface area contributed by atoms with Gasteiger partial charge in [0.05, 0.1) is 24.7 Å². The maximum absolute atomic E-state index is 6.26. The zero-order valence-corrected chi connectivity index (χ0v) is 21.5. The number of hydrogen-bond acceptors (Lipinski definition) is 4. The van der Waals surface area contributed by atoms with Crippen LogP contribution in [-0.2, 0) is 19.4 Å². The lowest BCUT2D eigenvalue weighted by molar-refractivity contribution is -0.686. The lowest BCUT2D eigenvalue weighted by Crippen LogP contribution is -2.41. The molecule has 3 heterocycles. The van der Waals surface area contributed by atoms with Crippen LogP contribution in [0.3, 0.4) is 0 Å². The van der Waals surface area contributed by atoms with Crippen molar-refractivity contribution < 1.29 is 23.5 Å². The highest BCUT2D eigenvalue weighted by Crippen LogP contribution is 2.44. The van der Waals surface area contributed by atoms with Crippen LogP contribution in [0.5, 0.6) is 23.0 Å². The third-order valence-corrected chi connectivity index (χ3v) is 7.27. The molecule has 0 unspecified atom stereocenters. The van der Waals surface area contributed by atoms with Crippen molar-refractivity contribution in [1.29, 1.82) is 0 Å². The van der Waals surface area contributed by atoms with Crippen molar-refractivity contribution >= 4 is 10.8 Å². The zero-order valence-electron chi connectivity index (χ0n) is 21.5. The number of pyridine rings is 1. The minimum absolute atomic E-state index is 0.304. The van der Waals surface area contributed by atoms with E-state index >= 15 is 0 Å². The number of fused-ring (bicyclic) bond motifs is 5. The first-order valence-corrected chi connectivity index (χ1v) is 13.4. The highest BCUT2D eigenvalue weighted by atomic mass is 16.7. The van der Waals surface area contributed by atoms with Gasteiger partial charge in [0.2, 0.25) is 12.5 Å². The van der Waals surface area contributed by atoms with Gasteiger partial charge in [-0.2, -0.15) is 4.57 Å². The fraction of sp³-hybridized carbons (Fsp3) is 0.500. The summed E-state index contributed by atoms with van der Waals surface area (Å²) in [4.78, 5) is 0. The Hall–Kier alpha value is -2.95. The largest absolute Gasteiger partial charge is 0.493 e. The second kappa shape index (κ2) is 10.8. The van der Waals surface area contributed by atoms with E-state index in [0.717, 1.165) is 54.2 Å². The highest BCUT2D eigenvalue weighted by Gasteiger charge is 2.32. The van der Waals surface area contributed by atoms with E-state index in [1.165, 1.54) is 66.3 Å². The van der Waals surface area contributed by atoms with Crippen LogP contribution < -0.4 is 23.5 Å². The Labute approximate surface area is 209 Å². The number of nitrogens with zero attached hydrogens (tertiary/aromatic N) is 1. The molecule has 35 heavy (non-hydrogen) atoms. The van der Waals surface area contributed by atoms with E-state index < -0.39 is 0 Å². The normalized spacial score (nSPS) is 13.6. The number of unbranched alkanes of at least 4 members (excludes halogenated alkanes) is 5. The van der Waals surface area contributed by atoms with E-state index in [1.54, 1.807) is 7.11 Å². The average molecular weight is 477 g/mol. The number of methoxy groups -OCH3 is 1. The molecule has 186 valence electrons. The molecule has 0 spiro atoms. The molecular weight excluding hydrogens is 438 g/mol. The second-order valence-corrected chi connectivity index (χ2v) is 9.69. The molecule has 2 aliphatic rings. The molecule has 0 radical (unpaired) electrons. The van der Waals surface area contributed by atoms with Crippen LogP contribution in [0.4, 0.5) is 0 Å². The molecule has 0 N–H and O–H groups in total. The Kier molecular flexibility index (Phi) is 7.31. The molecular formula is C30H38NO4+. The highest BCUT2D eigenvalue weighted by molar-refractivity contribution is 5.95. The van der Waals surface area contributed by atoms with Crippen molar-refractivity contribution in [3.8, 4) is 34.3 Å². The van der Waals surface area contributed by atoms with E-state index in [-0.39, 0.29) is 0 Å². The predicted octanol–water partition coefficient (Wildman–Crippen LogP) is 6.78. The predicted molar refractivity (Wildman–Crippen MR) is 139 cm³/mol. The van der Waals surface area contributed by atoms with Gasteiger partial charge in [0.25, 0.3) is 0 Å². The van der Waals surface area contributed by atoms with Gasteiger partial charge in [-0.3, -0.25) is 0 Å². The molecule has 5 heteroatoms. The molecule has 0 fully saturated rings. The van der Waals surface area contributed by atoms with Gasteiger partial charge in [-0.25, -0.2) is 0 Å². The van der Waals surface area contributed by atoms with Crippen LogP contribution in [-0.4, -0.2) is 20.5 Å². The van der Waals surface area contributed by atoms with Crippen molar-refractivity contribution in [2.45, 2.75) is 78.2 Å². The van der Waals surface area contributed by atoms with Crippen molar-refractivity contribution in [2.24, 2.45) is 0 Å². The van der Waals surface area contributed by atoms with E-state index in [1.807, 2.05) is 0 Å². The molecule has 0 bridgehead atoms. The lowest BCUT2D eigenvalue weighted by atomic mass is 9.89. The third-order valence-electron chi connectivity index (χ3n) is 7.27. The van der Waals surface area contributed by atoms with Crippen LogP contribution in [0.15, 0.2) is 30.5 Å². The van der Waals surface area contributed by atoms with Crippen molar-refractivity contribution in [3.63, 3.8) is 0 Å². The van der Waals surface area contributed by atoms with Gasteiger partial charge in [-0.1, -0.05) is 46.0 Å². The second-order valence-electron chi connectivity index (χ2n) is 9.69. The molecule has 1 aromatic heterocycles. The fourth-order valence-electron chi connectivity index (χ4n) is 5.49. The lowest BCUT2D eigenvalue weighted by Gasteiger charge is -2.21. The van der Waals surface area contributed by atoms with E-state index in [2.05, 4.69) is 48.9 Å². The summed E-state index contributed by atoms with van der Waals surface area (Å²) in [7, 11) is 1.72. The Morgan fingerprint density at radius 2 is 1.71 bits per heavy atom. The Bertz CT molecular complexity index is 1200. The molecule has 5 nitrogen and oxygen atoms in total. The summed E-state index contributed by atoms with van der Waals surface area (Å²) in [5.74, 6) is 3.39. The van der Waals surface area contributed by atoms with E-state index in [9.17, 15) is 0 Å². The molecule has 0 saturated carbocycles. The molecule has 0 amide bonds. The number of rotatable bonds is 11. The summed E-state index contributed by atoms with van der Waals surface area (Å²) in [5.41, 5.74) is 5.34. The van der Waals surface area contributed by atoms with Crippen LogP contribution in [0.25, 0.3) is 22.0 Å². The van der Waals surface area contributed by atoms with Gasteiger partial charge in [0, 0.05) is 17.4 Å². The van der Waals surface area contributed by atoms with Gasteiger partial charge < -0.3 is 18.9 Å². The van der Waals surface area contributed by atoms with Gasteiger partial charge >= 0.3 is 0 Å². The summed E-state index contributed by atoms with van der Waals surface area (Å²) < 4.78 is 25.9. The summed E-state index contributed by atoms with van der Waals surface area (Å²) >= 11 is 0. The average Bonchev–Trinajstić information content (AvgIpc) is 3.34. The molecule has 2 aromatic carbocycles. The minimum Gasteiger partial charge on any atom is -0.493 e. The number of aromatic nitrogens is 1. The molecule has 0 saturated heterocycles. The first kappa shape index (κ1) is 23.8. The van der Waals surface area contributed by atoms with Crippen LogP contribution in [0.1, 0.15) is 69.9 Å². The number of benzene rings is 2. The minimum atomic E-state index is 0.304. The summed E-state index contributed by atoms with van der Waals surface area (Å²) in [6.07, 6.45) is 13.0. The van der Waals surface area contributed by atoms with E-state index in [4.69, 9.17) is 18.9 Å². The SMILES string of the molecule is CCCCCCCCc1c2[n+](cc3c(OCCC)c(OC)ccc13)CCc1cc3c(cc1-2)OCO3. The number of aryl methyl sites for hydroxylation is 3. The van der Waals surface area contributed by atoms with Crippen LogP contribution in [0.2, 0.25) is 0 Å². The fourth-order valence-corrected chi connectivity index (χ4v) is 5.49. The summed E-state index contributed by atoms with van der Waals surface area (Å²) in [6.45, 7) is 6.33. The van der Waals surface area contributed by atoms with Crippen LogP contribution in [0, 0.1) is 0 Å². The Morgan fingerprint density at radius 3 is 2.51 bits per heavy atom. The summed E-state index contributed by atoms with van der Waals surface area (Å²) in [5, 5.41) is 2.41. The number of hydrogen-bond donors (Lipinski definition) is 0. The molecule has 0 atom stereocenters. The number of ether oxygens (including phenoxy) is 4. The Balaban J connectivity index is 1.63. The zero-order chi connectivity index (χ0) is 24.2. The van der Waals surface area contributed by atoms with Crippen molar-refractivity contribution in [3.05, 3.63) is 41.6 Å². The maximum Gasteiger partial charge on any atom is 0.231 e. The first-order valence-electron chi connectivity index (χ1n) is 13.4. The van der Waals surface area contributed by atoms with Gasteiger partial charge in [0.15, 0.2) is 35.7 Å².